The molecule has 0 saturated heterocycles. The molecule has 0 aromatic rings. The van der Waals surface area contributed by atoms with Gasteiger partial charge in [0.25, 0.3) is 0 Å². The number of carboxylic acids is 1. The van der Waals surface area contributed by atoms with Gasteiger partial charge < -0.3 is 20.8 Å². The molecule has 3 unspecified atom stereocenters. The van der Waals surface area contributed by atoms with E-state index in [1.165, 1.54) is 19.3 Å². The number of hydrogen-bond acceptors (Lipinski definition) is 3. The van der Waals surface area contributed by atoms with Gasteiger partial charge in [-0.05, 0) is 31.1 Å². The van der Waals surface area contributed by atoms with Crippen molar-refractivity contribution < 1.29 is 19.8 Å². The predicted octanol–water partition coefficient (Wildman–Crippen LogP) is 0.310. The molecule has 2 rings (SSSR count). The Morgan fingerprint density at radius 3 is 2.61 bits per heavy atom. The average molecular weight is 256 g/mol. The van der Waals surface area contributed by atoms with Crippen LogP contribution in [-0.2, 0) is 4.79 Å². The fourth-order valence-corrected chi connectivity index (χ4v) is 3.09. The topological polar surface area (TPSA) is 98.7 Å². The van der Waals surface area contributed by atoms with E-state index in [0.717, 1.165) is 12.3 Å². The monoisotopic (exact) mass is 256 g/mol. The molecule has 6 nitrogen and oxygen atoms in total. The number of aliphatic hydroxyl groups is 1. The van der Waals surface area contributed by atoms with E-state index in [9.17, 15) is 9.59 Å². The van der Waals surface area contributed by atoms with E-state index in [-0.39, 0.29) is 25.0 Å². The summed E-state index contributed by atoms with van der Waals surface area (Å²) in [5.41, 5.74) is 0. The first-order chi connectivity index (χ1) is 8.56. The largest absolute Gasteiger partial charge is 0.479 e. The number of fused-ring (bicyclic) bond motifs is 2. The number of urea groups is 1. The number of hydrogen-bond donors (Lipinski definition) is 4. The molecule has 102 valence electrons. The van der Waals surface area contributed by atoms with E-state index >= 15 is 0 Å². The molecule has 0 radical (unpaired) electrons. The number of rotatable bonds is 5. The summed E-state index contributed by atoms with van der Waals surface area (Å²) in [5, 5.41) is 23.0. The highest BCUT2D eigenvalue weighted by Crippen LogP contribution is 2.44. The molecule has 2 amide bonds. The van der Waals surface area contributed by atoms with Gasteiger partial charge in [0.2, 0.25) is 0 Å². The highest BCUT2D eigenvalue weighted by molar-refractivity contribution is 5.74. The van der Waals surface area contributed by atoms with Crippen molar-refractivity contribution in [3.05, 3.63) is 0 Å². The Morgan fingerprint density at radius 2 is 2.06 bits per heavy atom. The lowest BCUT2D eigenvalue weighted by molar-refractivity contribution is -0.146. The van der Waals surface area contributed by atoms with E-state index in [0.29, 0.717) is 5.92 Å². The summed E-state index contributed by atoms with van der Waals surface area (Å²) in [6.45, 7) is 0.167. The summed E-state index contributed by atoms with van der Waals surface area (Å²) in [6.07, 6.45) is 3.40. The summed E-state index contributed by atoms with van der Waals surface area (Å²) >= 11 is 0. The number of carbonyl (C=O) groups excluding carboxylic acids is 1. The van der Waals surface area contributed by atoms with Crippen LogP contribution >= 0.6 is 0 Å². The minimum atomic E-state index is -1.41. The molecule has 2 aliphatic carbocycles. The third-order valence-electron chi connectivity index (χ3n) is 4.04. The Kier molecular flexibility index (Phi) is 4.06. The number of carboxylic acid groups (broad SMARTS) is 1. The van der Waals surface area contributed by atoms with Gasteiger partial charge in [-0.25, -0.2) is 9.59 Å². The fraction of sp³-hybridized carbons (Fsp3) is 0.833. The number of aliphatic carboxylic acids is 1. The summed E-state index contributed by atoms with van der Waals surface area (Å²) < 4.78 is 0. The van der Waals surface area contributed by atoms with E-state index in [1.54, 1.807) is 0 Å². The van der Waals surface area contributed by atoms with Crippen LogP contribution in [0.4, 0.5) is 4.79 Å². The lowest BCUT2D eigenvalue weighted by atomic mass is 9.95. The van der Waals surface area contributed by atoms with Crippen LogP contribution in [0.1, 0.15) is 32.1 Å². The first-order valence-corrected chi connectivity index (χ1v) is 6.51. The third-order valence-corrected chi connectivity index (χ3v) is 4.04. The molecule has 0 spiro atoms. The summed E-state index contributed by atoms with van der Waals surface area (Å²) in [6, 6.07) is 0.0123. The molecule has 18 heavy (non-hydrogen) atoms. The minimum absolute atomic E-state index is 0.0273. The highest BCUT2D eigenvalue weighted by Gasteiger charge is 2.40. The highest BCUT2D eigenvalue weighted by atomic mass is 16.4. The quantitative estimate of drug-likeness (QED) is 0.569. The lowest BCUT2D eigenvalue weighted by Gasteiger charge is -2.23. The molecule has 0 aromatic heterocycles. The fourth-order valence-electron chi connectivity index (χ4n) is 3.09. The van der Waals surface area contributed by atoms with E-state index in [1.807, 2.05) is 0 Å². The molecule has 2 bridgehead atoms. The van der Waals surface area contributed by atoms with Gasteiger partial charge in [-0.3, -0.25) is 0 Å². The van der Waals surface area contributed by atoms with Gasteiger partial charge in [0, 0.05) is 19.0 Å². The molecule has 0 aliphatic heterocycles. The first-order valence-electron chi connectivity index (χ1n) is 6.51. The zero-order chi connectivity index (χ0) is 13.1. The summed E-state index contributed by atoms with van der Waals surface area (Å²) in [7, 11) is 0. The molecule has 4 atom stereocenters. The van der Waals surface area contributed by atoms with E-state index in [2.05, 4.69) is 10.6 Å². The summed E-state index contributed by atoms with van der Waals surface area (Å²) in [4.78, 5) is 21.9. The second kappa shape index (κ2) is 5.56. The Balaban J connectivity index is 1.62. The zero-order valence-electron chi connectivity index (χ0n) is 10.3. The van der Waals surface area contributed by atoms with Crippen LogP contribution in [0.25, 0.3) is 0 Å². The van der Waals surface area contributed by atoms with Gasteiger partial charge in [0.15, 0.2) is 6.10 Å². The number of carbonyl (C=O) groups is 2. The van der Waals surface area contributed by atoms with Crippen molar-refractivity contribution in [3.8, 4) is 0 Å². The smallest absolute Gasteiger partial charge is 0.332 e. The van der Waals surface area contributed by atoms with Crippen molar-refractivity contribution in [2.45, 2.75) is 44.2 Å². The maximum absolute atomic E-state index is 11.6. The van der Waals surface area contributed by atoms with Gasteiger partial charge in [0.1, 0.15) is 0 Å². The summed E-state index contributed by atoms with van der Waals surface area (Å²) in [5.74, 6) is 0.129. The van der Waals surface area contributed by atoms with Gasteiger partial charge in [0.05, 0.1) is 0 Å². The molecule has 2 fully saturated rings. The lowest BCUT2D eigenvalue weighted by Crippen LogP contribution is -2.45. The number of aliphatic hydroxyl groups excluding tert-OH is 1. The molecule has 2 saturated carbocycles. The van der Waals surface area contributed by atoms with Gasteiger partial charge >= 0.3 is 12.0 Å². The Morgan fingerprint density at radius 1 is 1.28 bits per heavy atom. The van der Waals surface area contributed by atoms with Gasteiger partial charge in [-0.15, -0.1) is 0 Å². The normalized spacial score (nSPS) is 31.1. The van der Waals surface area contributed by atoms with Gasteiger partial charge in [-0.2, -0.15) is 0 Å². The molecule has 6 heteroatoms. The van der Waals surface area contributed by atoms with Crippen LogP contribution in [0.2, 0.25) is 0 Å². The Bertz CT molecular complexity index is 334. The second-order valence-corrected chi connectivity index (χ2v) is 5.32. The number of amides is 2. The molecular weight excluding hydrogens is 236 g/mol. The molecular formula is C12H20N2O4. The van der Waals surface area contributed by atoms with Crippen LogP contribution < -0.4 is 10.6 Å². The third kappa shape index (κ3) is 3.13. The van der Waals surface area contributed by atoms with Crippen LogP contribution in [0.3, 0.4) is 0 Å². The first kappa shape index (κ1) is 13.1. The second-order valence-electron chi connectivity index (χ2n) is 5.32. The standard InChI is InChI=1S/C12H20N2O4/c15-10(11(16)17)3-4-13-12(18)14-9-6-7-1-2-8(9)5-7/h7-10,15H,1-6H2,(H,16,17)(H2,13,14,18)/t7?,8?,9?,10-/m0/s1. The van der Waals surface area contributed by atoms with Crippen LogP contribution in [-0.4, -0.2) is 40.9 Å². The number of nitrogens with one attached hydrogen (secondary N) is 2. The van der Waals surface area contributed by atoms with Crippen molar-refractivity contribution in [2.75, 3.05) is 6.54 Å². The van der Waals surface area contributed by atoms with E-state index < -0.39 is 12.1 Å². The zero-order valence-corrected chi connectivity index (χ0v) is 10.3. The van der Waals surface area contributed by atoms with Crippen LogP contribution in [0, 0.1) is 11.8 Å². The molecule has 4 N–H and O–H groups in total. The van der Waals surface area contributed by atoms with Crippen molar-refractivity contribution in [2.24, 2.45) is 11.8 Å². The van der Waals surface area contributed by atoms with Crippen molar-refractivity contribution in [1.82, 2.24) is 10.6 Å². The minimum Gasteiger partial charge on any atom is -0.479 e. The van der Waals surface area contributed by atoms with E-state index in [4.69, 9.17) is 10.2 Å². The van der Waals surface area contributed by atoms with Gasteiger partial charge in [-0.1, -0.05) is 6.42 Å². The maximum Gasteiger partial charge on any atom is 0.332 e. The van der Waals surface area contributed by atoms with Crippen LogP contribution in [0.15, 0.2) is 0 Å². The van der Waals surface area contributed by atoms with Crippen molar-refractivity contribution in [1.29, 1.82) is 0 Å². The molecule has 0 heterocycles. The Hall–Kier alpha value is -1.30. The van der Waals surface area contributed by atoms with Crippen molar-refractivity contribution >= 4 is 12.0 Å². The van der Waals surface area contributed by atoms with Crippen molar-refractivity contribution in [3.63, 3.8) is 0 Å². The SMILES string of the molecule is O=C(NCC[C@H](O)C(=O)O)NC1CC2CCC1C2. The maximum atomic E-state index is 11.6. The predicted molar refractivity (Wildman–Crippen MR) is 64.0 cm³/mol. The molecule has 0 aromatic carbocycles. The van der Waals surface area contributed by atoms with Crippen LogP contribution in [0.5, 0.6) is 0 Å². The molecule has 2 aliphatic rings. The Labute approximate surface area is 106 Å². The average Bonchev–Trinajstić information content (AvgIpc) is 2.90.